The van der Waals surface area contributed by atoms with Crippen molar-refractivity contribution in [3.63, 3.8) is 0 Å². The van der Waals surface area contributed by atoms with Gasteiger partial charge in [-0.05, 0) is 92.1 Å². The number of hydrogen-bond acceptors (Lipinski definition) is 1. The van der Waals surface area contributed by atoms with Gasteiger partial charge in [-0.1, -0.05) is 23.7 Å². The average molecular weight is 303 g/mol. The van der Waals surface area contributed by atoms with Crippen molar-refractivity contribution in [2.45, 2.75) is 47.6 Å². The summed E-state index contributed by atoms with van der Waals surface area (Å²) >= 11 is 6.20. The molecule has 2 aromatic rings. The lowest BCUT2D eigenvalue weighted by Gasteiger charge is -2.23. The van der Waals surface area contributed by atoms with E-state index in [0.29, 0.717) is 5.02 Å². The summed E-state index contributed by atoms with van der Waals surface area (Å²) in [6, 6.07) is 5.78. The molecule has 0 radical (unpaired) electrons. The van der Waals surface area contributed by atoms with Gasteiger partial charge in [-0.25, -0.2) is 0 Å². The molecule has 0 spiro atoms. The number of aliphatic hydroxyl groups is 1. The summed E-state index contributed by atoms with van der Waals surface area (Å²) in [6.45, 7) is 12.5. The van der Waals surface area contributed by atoms with Crippen molar-refractivity contribution < 1.29 is 5.11 Å². The molecule has 0 saturated heterocycles. The molecule has 21 heavy (non-hydrogen) atoms. The van der Waals surface area contributed by atoms with E-state index in [4.69, 9.17) is 11.6 Å². The summed E-state index contributed by atoms with van der Waals surface area (Å²) in [5.41, 5.74) is 9.03. The number of rotatable bonds is 2. The van der Waals surface area contributed by atoms with Crippen LogP contribution >= 0.6 is 11.6 Å². The fourth-order valence-electron chi connectivity index (χ4n) is 2.89. The number of hydrogen-bond donors (Lipinski definition) is 1. The van der Waals surface area contributed by atoms with Crippen molar-refractivity contribution in [3.8, 4) is 0 Å². The van der Waals surface area contributed by atoms with Crippen molar-refractivity contribution in [1.29, 1.82) is 0 Å². The molecule has 112 valence electrons. The lowest BCUT2D eigenvalue weighted by atomic mass is 9.85. The monoisotopic (exact) mass is 302 g/mol. The molecular weight excluding hydrogens is 280 g/mol. The van der Waals surface area contributed by atoms with E-state index in [0.717, 1.165) is 16.7 Å². The maximum absolute atomic E-state index is 10.8. The van der Waals surface area contributed by atoms with E-state index in [1.807, 2.05) is 25.1 Å². The molecule has 1 nitrogen and oxygen atoms in total. The van der Waals surface area contributed by atoms with Gasteiger partial charge in [0.25, 0.3) is 0 Å². The SMILES string of the molecule is Cc1ccc(C(O)c2c(C)c(C)c(C)c(C)c2C)cc1Cl. The third kappa shape index (κ3) is 2.73. The van der Waals surface area contributed by atoms with Gasteiger partial charge < -0.3 is 5.11 Å². The Morgan fingerprint density at radius 1 is 0.810 bits per heavy atom. The van der Waals surface area contributed by atoms with Crippen molar-refractivity contribution in [2.75, 3.05) is 0 Å². The smallest absolute Gasteiger partial charge is 0.105 e. The minimum atomic E-state index is -0.638. The summed E-state index contributed by atoms with van der Waals surface area (Å²) in [7, 11) is 0. The first-order chi connectivity index (χ1) is 9.75. The van der Waals surface area contributed by atoms with Crippen molar-refractivity contribution in [2.24, 2.45) is 0 Å². The first kappa shape index (κ1) is 16.1. The van der Waals surface area contributed by atoms with Crippen LogP contribution < -0.4 is 0 Å². The van der Waals surface area contributed by atoms with Crippen LogP contribution in [0, 0.1) is 41.5 Å². The summed E-state index contributed by atoms with van der Waals surface area (Å²) in [5.74, 6) is 0. The molecule has 1 unspecified atom stereocenters. The van der Waals surface area contributed by atoms with Crippen LogP contribution in [0.25, 0.3) is 0 Å². The first-order valence-corrected chi connectivity index (χ1v) is 7.64. The van der Waals surface area contributed by atoms with Gasteiger partial charge in [-0.2, -0.15) is 0 Å². The number of aliphatic hydroxyl groups excluding tert-OH is 1. The Labute approximate surface area is 132 Å². The predicted molar refractivity (Wildman–Crippen MR) is 90.4 cm³/mol. The molecule has 0 bridgehead atoms. The lowest BCUT2D eigenvalue weighted by molar-refractivity contribution is 0.218. The quantitative estimate of drug-likeness (QED) is 0.801. The zero-order chi connectivity index (χ0) is 15.9. The van der Waals surface area contributed by atoms with Crippen molar-refractivity contribution >= 4 is 11.6 Å². The number of benzene rings is 2. The summed E-state index contributed by atoms with van der Waals surface area (Å²) in [6.07, 6.45) is -0.638. The van der Waals surface area contributed by atoms with Gasteiger partial charge in [0.05, 0.1) is 0 Å². The van der Waals surface area contributed by atoms with Crippen LogP contribution in [0.4, 0.5) is 0 Å². The zero-order valence-electron chi connectivity index (χ0n) is 13.6. The Balaban J connectivity index is 2.63. The van der Waals surface area contributed by atoms with E-state index in [1.54, 1.807) is 0 Å². The van der Waals surface area contributed by atoms with E-state index >= 15 is 0 Å². The number of aryl methyl sites for hydroxylation is 1. The molecule has 0 saturated carbocycles. The number of halogens is 1. The molecule has 0 aliphatic carbocycles. The highest BCUT2D eigenvalue weighted by Crippen LogP contribution is 2.34. The van der Waals surface area contributed by atoms with E-state index in [-0.39, 0.29) is 0 Å². The second kappa shape index (κ2) is 5.82. The van der Waals surface area contributed by atoms with Gasteiger partial charge >= 0.3 is 0 Å². The van der Waals surface area contributed by atoms with Crippen LogP contribution in [0.15, 0.2) is 18.2 Å². The standard InChI is InChI=1S/C19H23ClO/c1-10-7-8-16(9-17(10)20)19(21)18-14(5)12(3)11(2)13(4)15(18)6/h7-9,19,21H,1-6H3. The van der Waals surface area contributed by atoms with Gasteiger partial charge in [0.15, 0.2) is 0 Å². The van der Waals surface area contributed by atoms with Gasteiger partial charge in [-0.3, -0.25) is 0 Å². The Hall–Kier alpha value is -1.31. The summed E-state index contributed by atoms with van der Waals surface area (Å²) < 4.78 is 0. The van der Waals surface area contributed by atoms with Crippen LogP contribution in [0.1, 0.15) is 50.6 Å². The molecule has 0 heterocycles. The van der Waals surface area contributed by atoms with Gasteiger partial charge in [0.2, 0.25) is 0 Å². The third-order valence-corrected chi connectivity index (χ3v) is 5.25. The largest absolute Gasteiger partial charge is 0.384 e. The highest BCUT2D eigenvalue weighted by atomic mass is 35.5. The Kier molecular flexibility index (Phi) is 4.46. The minimum Gasteiger partial charge on any atom is -0.384 e. The highest BCUT2D eigenvalue weighted by Gasteiger charge is 2.20. The van der Waals surface area contributed by atoms with Crippen LogP contribution in [0.2, 0.25) is 5.02 Å². The molecule has 2 aromatic carbocycles. The molecule has 0 aliphatic rings. The summed E-state index contributed by atoms with van der Waals surface area (Å²) in [5, 5.41) is 11.5. The second-order valence-electron chi connectivity index (χ2n) is 5.95. The Morgan fingerprint density at radius 2 is 1.29 bits per heavy atom. The van der Waals surface area contributed by atoms with E-state index in [1.165, 1.54) is 27.8 Å². The first-order valence-electron chi connectivity index (χ1n) is 7.26. The molecule has 0 fully saturated rings. The highest BCUT2D eigenvalue weighted by molar-refractivity contribution is 6.31. The molecule has 2 heteroatoms. The lowest BCUT2D eigenvalue weighted by Crippen LogP contribution is -2.09. The van der Waals surface area contributed by atoms with Crippen LogP contribution in [-0.4, -0.2) is 5.11 Å². The predicted octanol–water partition coefficient (Wildman–Crippen LogP) is 5.27. The molecular formula is C19H23ClO. The molecule has 0 amide bonds. The fourth-order valence-corrected chi connectivity index (χ4v) is 3.07. The Bertz CT molecular complexity index is 672. The van der Waals surface area contributed by atoms with Crippen LogP contribution in [0.5, 0.6) is 0 Å². The molecule has 1 atom stereocenters. The van der Waals surface area contributed by atoms with Crippen LogP contribution in [0.3, 0.4) is 0 Å². The average Bonchev–Trinajstić information content (AvgIpc) is 2.46. The van der Waals surface area contributed by atoms with E-state index in [2.05, 4.69) is 34.6 Å². The topological polar surface area (TPSA) is 20.2 Å². The Morgan fingerprint density at radius 3 is 1.76 bits per heavy atom. The minimum absolute atomic E-state index is 0.638. The third-order valence-electron chi connectivity index (χ3n) is 4.84. The second-order valence-corrected chi connectivity index (χ2v) is 6.36. The zero-order valence-corrected chi connectivity index (χ0v) is 14.4. The van der Waals surface area contributed by atoms with Crippen LogP contribution in [-0.2, 0) is 0 Å². The maximum atomic E-state index is 10.8. The van der Waals surface area contributed by atoms with Crippen molar-refractivity contribution in [1.82, 2.24) is 0 Å². The van der Waals surface area contributed by atoms with Crippen molar-refractivity contribution in [3.05, 3.63) is 67.7 Å². The van der Waals surface area contributed by atoms with Gasteiger partial charge in [0, 0.05) is 5.02 Å². The van der Waals surface area contributed by atoms with Gasteiger partial charge in [-0.15, -0.1) is 0 Å². The summed E-state index contributed by atoms with van der Waals surface area (Å²) in [4.78, 5) is 0. The molecule has 0 aliphatic heterocycles. The molecule has 0 aromatic heterocycles. The molecule has 1 N–H and O–H groups in total. The maximum Gasteiger partial charge on any atom is 0.105 e. The normalized spacial score (nSPS) is 12.6. The van der Waals surface area contributed by atoms with Gasteiger partial charge in [0.1, 0.15) is 6.10 Å². The fraction of sp³-hybridized carbons (Fsp3) is 0.368. The van der Waals surface area contributed by atoms with E-state index in [9.17, 15) is 5.11 Å². The molecule has 2 rings (SSSR count). The van der Waals surface area contributed by atoms with E-state index < -0.39 is 6.10 Å².